The van der Waals surface area contributed by atoms with E-state index in [1.54, 1.807) is 24.3 Å². The van der Waals surface area contributed by atoms with Crippen molar-refractivity contribution in [3.63, 3.8) is 0 Å². The van der Waals surface area contributed by atoms with Gasteiger partial charge in [-0.1, -0.05) is 11.6 Å². The molecule has 0 amide bonds. The van der Waals surface area contributed by atoms with Crippen molar-refractivity contribution in [3.8, 4) is 0 Å². The van der Waals surface area contributed by atoms with Crippen LogP contribution >= 0.6 is 11.6 Å². The second kappa shape index (κ2) is 6.89. The van der Waals surface area contributed by atoms with E-state index >= 15 is 0 Å². The van der Waals surface area contributed by atoms with Gasteiger partial charge in [0, 0.05) is 24.2 Å². The average molecular weight is 318 g/mol. The average Bonchev–Trinajstić information content (AvgIpc) is 2.93. The van der Waals surface area contributed by atoms with E-state index in [0.29, 0.717) is 16.5 Å². The Kier molecular flexibility index (Phi) is 5.43. The lowest BCUT2D eigenvalue weighted by molar-refractivity contribution is 0.0844. The van der Waals surface area contributed by atoms with Crippen LogP contribution in [0.1, 0.15) is 19.8 Å². The highest BCUT2D eigenvalue weighted by Gasteiger charge is 2.22. The van der Waals surface area contributed by atoms with Crippen LogP contribution in [0.15, 0.2) is 29.2 Å². The zero-order valence-corrected chi connectivity index (χ0v) is 13.1. The van der Waals surface area contributed by atoms with Gasteiger partial charge in [-0.2, -0.15) is 0 Å². The van der Waals surface area contributed by atoms with Gasteiger partial charge in [0.1, 0.15) is 0 Å². The number of ether oxygens (including phenoxy) is 1. The number of hydrogen-bond donors (Lipinski definition) is 1. The first-order valence-electron chi connectivity index (χ1n) is 6.82. The van der Waals surface area contributed by atoms with E-state index in [2.05, 4.69) is 5.32 Å². The van der Waals surface area contributed by atoms with Gasteiger partial charge in [0.15, 0.2) is 9.84 Å². The molecule has 20 heavy (non-hydrogen) atoms. The second-order valence-electron chi connectivity index (χ2n) is 5.07. The molecule has 1 aliphatic heterocycles. The molecule has 0 aromatic heterocycles. The van der Waals surface area contributed by atoms with Crippen LogP contribution < -0.4 is 5.32 Å². The Labute approximate surface area is 125 Å². The Bertz CT molecular complexity index is 524. The van der Waals surface area contributed by atoms with E-state index in [1.807, 2.05) is 6.92 Å². The molecule has 1 aromatic carbocycles. The van der Waals surface area contributed by atoms with Gasteiger partial charge in [-0.3, -0.25) is 0 Å². The van der Waals surface area contributed by atoms with Crippen molar-refractivity contribution in [2.45, 2.75) is 36.8 Å². The maximum atomic E-state index is 12.1. The predicted molar refractivity (Wildman–Crippen MR) is 79.9 cm³/mol. The first-order valence-corrected chi connectivity index (χ1v) is 8.85. The third-order valence-corrected chi connectivity index (χ3v) is 5.52. The lowest BCUT2D eigenvalue weighted by Gasteiger charge is -2.19. The minimum Gasteiger partial charge on any atom is -0.377 e. The Morgan fingerprint density at radius 2 is 2.10 bits per heavy atom. The zero-order valence-electron chi connectivity index (χ0n) is 11.5. The lowest BCUT2D eigenvalue weighted by atomic mass is 10.1. The number of halogens is 1. The summed E-state index contributed by atoms with van der Waals surface area (Å²) in [5.41, 5.74) is 0. The van der Waals surface area contributed by atoms with Crippen molar-refractivity contribution < 1.29 is 13.2 Å². The summed E-state index contributed by atoms with van der Waals surface area (Å²) in [6.45, 7) is 3.26. The van der Waals surface area contributed by atoms with Gasteiger partial charge in [-0.25, -0.2) is 8.42 Å². The summed E-state index contributed by atoms with van der Waals surface area (Å²) in [6.07, 6.45) is 2.32. The number of nitrogens with one attached hydrogen (secondary N) is 1. The molecular weight excluding hydrogens is 298 g/mol. The molecule has 2 rings (SSSR count). The highest BCUT2D eigenvalue weighted by atomic mass is 35.5. The fraction of sp³-hybridized carbons (Fsp3) is 0.571. The van der Waals surface area contributed by atoms with Crippen LogP contribution in [0, 0.1) is 0 Å². The zero-order chi connectivity index (χ0) is 14.6. The van der Waals surface area contributed by atoms with Gasteiger partial charge in [-0.15, -0.1) is 0 Å². The van der Waals surface area contributed by atoms with Gasteiger partial charge < -0.3 is 10.1 Å². The van der Waals surface area contributed by atoms with Crippen molar-refractivity contribution in [2.24, 2.45) is 0 Å². The first kappa shape index (κ1) is 15.8. The number of rotatable bonds is 6. The normalized spacial score (nSPS) is 21.0. The molecule has 0 saturated carbocycles. The van der Waals surface area contributed by atoms with E-state index in [-0.39, 0.29) is 17.9 Å². The van der Waals surface area contributed by atoms with Crippen LogP contribution in [-0.4, -0.2) is 39.5 Å². The molecule has 1 fully saturated rings. The van der Waals surface area contributed by atoms with E-state index in [9.17, 15) is 8.42 Å². The van der Waals surface area contributed by atoms with Crippen molar-refractivity contribution in [3.05, 3.63) is 29.3 Å². The molecule has 1 aliphatic rings. The van der Waals surface area contributed by atoms with E-state index < -0.39 is 9.84 Å². The van der Waals surface area contributed by atoms with Gasteiger partial charge in [0.05, 0.1) is 16.8 Å². The topological polar surface area (TPSA) is 55.4 Å². The molecule has 1 heterocycles. The maximum Gasteiger partial charge on any atom is 0.179 e. The van der Waals surface area contributed by atoms with Crippen molar-refractivity contribution in [1.29, 1.82) is 0 Å². The van der Waals surface area contributed by atoms with Crippen molar-refractivity contribution in [1.82, 2.24) is 5.32 Å². The number of benzene rings is 1. The van der Waals surface area contributed by atoms with Gasteiger partial charge in [0.25, 0.3) is 0 Å². The smallest absolute Gasteiger partial charge is 0.179 e. The minimum atomic E-state index is -3.26. The lowest BCUT2D eigenvalue weighted by Crippen LogP contribution is -2.39. The van der Waals surface area contributed by atoms with Crippen LogP contribution in [-0.2, 0) is 14.6 Å². The highest BCUT2D eigenvalue weighted by Crippen LogP contribution is 2.16. The Balaban J connectivity index is 1.84. The standard InChI is InChI=1S/C14H20ClNO3S/c1-11(14-3-2-9-19-14)16-8-10-20(17,18)13-6-4-12(15)5-7-13/h4-7,11,14,16H,2-3,8-10H2,1H3. The van der Waals surface area contributed by atoms with E-state index in [0.717, 1.165) is 19.4 Å². The molecule has 4 nitrogen and oxygen atoms in total. The predicted octanol–water partition coefficient (Wildman–Crippen LogP) is 2.27. The summed E-state index contributed by atoms with van der Waals surface area (Å²) in [7, 11) is -3.26. The number of sulfone groups is 1. The Hall–Kier alpha value is -0.620. The van der Waals surface area contributed by atoms with Crippen LogP contribution in [0.25, 0.3) is 0 Å². The Morgan fingerprint density at radius 1 is 1.40 bits per heavy atom. The fourth-order valence-electron chi connectivity index (χ4n) is 2.31. The Morgan fingerprint density at radius 3 is 2.70 bits per heavy atom. The summed E-state index contributed by atoms with van der Waals surface area (Å²) in [5, 5.41) is 3.77. The third-order valence-electron chi connectivity index (χ3n) is 3.53. The highest BCUT2D eigenvalue weighted by molar-refractivity contribution is 7.91. The molecule has 2 unspecified atom stereocenters. The third kappa shape index (κ3) is 4.19. The summed E-state index contributed by atoms with van der Waals surface area (Å²) < 4.78 is 29.8. The van der Waals surface area contributed by atoms with Gasteiger partial charge >= 0.3 is 0 Å². The summed E-state index contributed by atoms with van der Waals surface area (Å²) in [5.74, 6) is 0.0751. The quantitative estimate of drug-likeness (QED) is 0.874. The SMILES string of the molecule is CC(NCCS(=O)(=O)c1ccc(Cl)cc1)C1CCCO1. The van der Waals surface area contributed by atoms with Gasteiger partial charge in [0.2, 0.25) is 0 Å². The van der Waals surface area contributed by atoms with Crippen LogP contribution in [0.5, 0.6) is 0 Å². The molecule has 1 saturated heterocycles. The summed E-state index contributed by atoms with van der Waals surface area (Å²) in [4.78, 5) is 0.313. The maximum absolute atomic E-state index is 12.1. The summed E-state index contributed by atoms with van der Waals surface area (Å²) in [6, 6.07) is 6.45. The monoisotopic (exact) mass is 317 g/mol. The number of hydrogen-bond acceptors (Lipinski definition) is 4. The van der Waals surface area contributed by atoms with Crippen LogP contribution in [0.4, 0.5) is 0 Å². The largest absolute Gasteiger partial charge is 0.377 e. The molecule has 2 atom stereocenters. The minimum absolute atomic E-state index is 0.0751. The fourth-order valence-corrected chi connectivity index (χ4v) is 3.61. The van der Waals surface area contributed by atoms with Crippen molar-refractivity contribution >= 4 is 21.4 Å². The van der Waals surface area contributed by atoms with Crippen molar-refractivity contribution in [2.75, 3.05) is 18.9 Å². The van der Waals surface area contributed by atoms with E-state index in [1.165, 1.54) is 0 Å². The first-order chi connectivity index (χ1) is 9.49. The van der Waals surface area contributed by atoms with Crippen LogP contribution in [0.2, 0.25) is 5.02 Å². The molecule has 0 bridgehead atoms. The molecule has 0 radical (unpaired) electrons. The van der Waals surface area contributed by atoms with Gasteiger partial charge in [-0.05, 0) is 44.0 Å². The molecular formula is C14H20ClNO3S. The molecule has 0 spiro atoms. The molecule has 1 aromatic rings. The molecule has 0 aliphatic carbocycles. The molecule has 6 heteroatoms. The summed E-state index contributed by atoms with van der Waals surface area (Å²) >= 11 is 5.76. The van der Waals surface area contributed by atoms with Crippen LogP contribution in [0.3, 0.4) is 0 Å². The van der Waals surface area contributed by atoms with E-state index in [4.69, 9.17) is 16.3 Å². The molecule has 112 valence electrons. The molecule has 1 N–H and O–H groups in total. The second-order valence-corrected chi connectivity index (χ2v) is 7.61.